The number of nitrogens with zero attached hydrogens (tertiary/aromatic N) is 5. The molecule has 7 heteroatoms. The SMILES string of the molecule is CO[C@@H]1C[C@@H](c2ncn[nH]2)N(Cc2cc(C#N)n(C)c2)C1. The molecule has 0 unspecified atom stereocenters. The van der Waals surface area contributed by atoms with Gasteiger partial charge in [0.2, 0.25) is 0 Å². The molecule has 2 atom stereocenters. The summed E-state index contributed by atoms with van der Waals surface area (Å²) < 4.78 is 7.35. The number of aryl methyl sites for hydroxylation is 1. The van der Waals surface area contributed by atoms with Crippen LogP contribution >= 0.6 is 0 Å². The van der Waals surface area contributed by atoms with Crippen LogP contribution < -0.4 is 0 Å². The van der Waals surface area contributed by atoms with E-state index in [4.69, 9.17) is 10.00 Å². The van der Waals surface area contributed by atoms with E-state index in [1.807, 2.05) is 23.9 Å². The number of ether oxygens (including phenoxy) is 1. The number of H-pyrrole nitrogens is 1. The van der Waals surface area contributed by atoms with Crippen molar-refractivity contribution in [1.29, 1.82) is 5.26 Å². The van der Waals surface area contributed by atoms with Crippen LogP contribution in [-0.2, 0) is 18.3 Å². The van der Waals surface area contributed by atoms with Crippen LogP contribution in [0.5, 0.6) is 0 Å². The smallest absolute Gasteiger partial charge is 0.141 e. The van der Waals surface area contributed by atoms with Crippen LogP contribution in [0.25, 0.3) is 0 Å². The average molecular weight is 286 g/mol. The van der Waals surface area contributed by atoms with E-state index < -0.39 is 0 Å². The second-order valence-corrected chi connectivity index (χ2v) is 5.37. The van der Waals surface area contributed by atoms with E-state index in [9.17, 15) is 0 Å². The molecular formula is C14H18N6O. The monoisotopic (exact) mass is 286 g/mol. The first-order chi connectivity index (χ1) is 10.2. The summed E-state index contributed by atoms with van der Waals surface area (Å²) in [6, 6.07) is 4.29. The number of rotatable bonds is 4. The average Bonchev–Trinajstić information content (AvgIpc) is 3.18. The third kappa shape index (κ3) is 2.68. The highest BCUT2D eigenvalue weighted by molar-refractivity contribution is 5.28. The van der Waals surface area contributed by atoms with Crippen molar-refractivity contribution in [3.8, 4) is 6.07 Å². The first-order valence-corrected chi connectivity index (χ1v) is 6.88. The van der Waals surface area contributed by atoms with Crippen LogP contribution in [0.4, 0.5) is 0 Å². The number of nitrogens with one attached hydrogen (secondary N) is 1. The molecule has 1 N–H and O–H groups in total. The fourth-order valence-electron chi connectivity index (χ4n) is 2.93. The Labute approximate surface area is 123 Å². The predicted octanol–water partition coefficient (Wildman–Crippen LogP) is 0.977. The van der Waals surface area contributed by atoms with Gasteiger partial charge in [-0.15, -0.1) is 0 Å². The minimum Gasteiger partial charge on any atom is -0.380 e. The highest BCUT2D eigenvalue weighted by Crippen LogP contribution is 2.32. The Morgan fingerprint density at radius 3 is 3.05 bits per heavy atom. The zero-order valence-electron chi connectivity index (χ0n) is 12.2. The minimum absolute atomic E-state index is 0.170. The van der Waals surface area contributed by atoms with Gasteiger partial charge in [0.1, 0.15) is 23.9 Å². The van der Waals surface area contributed by atoms with Crippen molar-refractivity contribution < 1.29 is 4.74 Å². The molecule has 0 aliphatic carbocycles. The molecule has 0 amide bonds. The standard InChI is InChI=1S/C14H18N6O/c1-19-6-10(3-11(19)5-15)7-20-8-12(21-2)4-13(20)14-16-9-17-18-14/h3,6,9,12-13H,4,7-8H2,1-2H3,(H,16,17,18)/t12-,13+/m1/s1. The number of aromatic nitrogens is 4. The van der Waals surface area contributed by atoms with E-state index >= 15 is 0 Å². The van der Waals surface area contributed by atoms with Gasteiger partial charge in [-0.05, 0) is 18.1 Å². The number of methoxy groups -OCH3 is 1. The molecule has 21 heavy (non-hydrogen) atoms. The fraction of sp³-hybridized carbons (Fsp3) is 0.500. The number of hydrogen-bond donors (Lipinski definition) is 1. The molecule has 0 spiro atoms. The molecule has 7 nitrogen and oxygen atoms in total. The lowest BCUT2D eigenvalue weighted by Crippen LogP contribution is -2.25. The van der Waals surface area contributed by atoms with Crippen LogP contribution in [0.15, 0.2) is 18.6 Å². The Morgan fingerprint density at radius 2 is 2.43 bits per heavy atom. The van der Waals surface area contributed by atoms with E-state index in [2.05, 4.69) is 26.2 Å². The van der Waals surface area contributed by atoms with Crippen LogP contribution in [0, 0.1) is 11.3 Å². The summed E-state index contributed by atoms with van der Waals surface area (Å²) in [6.45, 7) is 1.61. The van der Waals surface area contributed by atoms with Crippen molar-refractivity contribution in [3.63, 3.8) is 0 Å². The second kappa shape index (κ2) is 5.68. The third-order valence-corrected chi connectivity index (χ3v) is 4.01. The fourth-order valence-corrected chi connectivity index (χ4v) is 2.93. The minimum atomic E-state index is 0.170. The molecule has 2 aromatic rings. The first-order valence-electron chi connectivity index (χ1n) is 6.88. The van der Waals surface area contributed by atoms with Crippen LogP contribution in [-0.4, -0.2) is 44.4 Å². The van der Waals surface area contributed by atoms with Gasteiger partial charge in [-0.2, -0.15) is 10.4 Å². The Hall–Kier alpha value is -2.17. The largest absolute Gasteiger partial charge is 0.380 e. The van der Waals surface area contributed by atoms with Gasteiger partial charge >= 0.3 is 0 Å². The van der Waals surface area contributed by atoms with E-state index in [0.29, 0.717) is 5.69 Å². The zero-order valence-corrected chi connectivity index (χ0v) is 12.2. The van der Waals surface area contributed by atoms with Crippen molar-refractivity contribution in [2.75, 3.05) is 13.7 Å². The van der Waals surface area contributed by atoms with Gasteiger partial charge in [-0.3, -0.25) is 10.00 Å². The number of likely N-dealkylation sites (tertiary alicyclic amines) is 1. The van der Waals surface area contributed by atoms with Gasteiger partial charge in [0, 0.05) is 33.4 Å². The maximum absolute atomic E-state index is 9.05. The molecule has 1 aliphatic rings. The normalized spacial score (nSPS) is 22.5. The molecule has 2 aromatic heterocycles. The van der Waals surface area contributed by atoms with Crippen molar-refractivity contribution >= 4 is 0 Å². The Balaban J connectivity index is 1.80. The molecule has 1 saturated heterocycles. The van der Waals surface area contributed by atoms with Crippen molar-refractivity contribution in [1.82, 2.24) is 24.6 Å². The molecule has 1 aliphatic heterocycles. The van der Waals surface area contributed by atoms with E-state index in [1.54, 1.807) is 7.11 Å². The maximum Gasteiger partial charge on any atom is 0.141 e. The lowest BCUT2D eigenvalue weighted by atomic mass is 10.2. The number of aromatic amines is 1. The molecule has 1 fully saturated rings. The second-order valence-electron chi connectivity index (χ2n) is 5.37. The molecule has 0 bridgehead atoms. The molecule has 110 valence electrons. The summed E-state index contributed by atoms with van der Waals surface area (Å²) in [6.07, 6.45) is 4.61. The number of hydrogen-bond acceptors (Lipinski definition) is 5. The molecule has 0 aromatic carbocycles. The summed E-state index contributed by atoms with van der Waals surface area (Å²) in [5.41, 5.74) is 1.79. The quantitative estimate of drug-likeness (QED) is 0.905. The summed E-state index contributed by atoms with van der Waals surface area (Å²) >= 11 is 0. The maximum atomic E-state index is 9.05. The lowest BCUT2D eigenvalue weighted by Gasteiger charge is -2.21. The van der Waals surface area contributed by atoms with Crippen molar-refractivity contribution in [2.24, 2.45) is 7.05 Å². The van der Waals surface area contributed by atoms with Crippen molar-refractivity contribution in [2.45, 2.75) is 25.1 Å². The van der Waals surface area contributed by atoms with Gasteiger partial charge in [-0.25, -0.2) is 4.98 Å². The van der Waals surface area contributed by atoms with E-state index in [1.165, 1.54) is 6.33 Å². The molecule has 0 saturated carbocycles. The van der Waals surface area contributed by atoms with Gasteiger partial charge in [-0.1, -0.05) is 0 Å². The highest BCUT2D eigenvalue weighted by atomic mass is 16.5. The molecule has 3 rings (SSSR count). The van der Waals surface area contributed by atoms with Crippen LogP contribution in [0.2, 0.25) is 0 Å². The third-order valence-electron chi connectivity index (χ3n) is 4.01. The zero-order chi connectivity index (χ0) is 14.8. The summed E-state index contributed by atoms with van der Waals surface area (Å²) in [5, 5.41) is 15.9. The van der Waals surface area contributed by atoms with Crippen molar-refractivity contribution in [3.05, 3.63) is 35.7 Å². The summed E-state index contributed by atoms with van der Waals surface area (Å²) in [5.74, 6) is 0.867. The highest BCUT2D eigenvalue weighted by Gasteiger charge is 2.35. The Bertz CT molecular complexity index is 641. The molecule has 0 radical (unpaired) electrons. The van der Waals surface area contributed by atoms with Crippen LogP contribution in [0.3, 0.4) is 0 Å². The topological polar surface area (TPSA) is 82.8 Å². The summed E-state index contributed by atoms with van der Waals surface area (Å²) in [4.78, 5) is 6.59. The van der Waals surface area contributed by atoms with E-state index in [-0.39, 0.29) is 12.1 Å². The van der Waals surface area contributed by atoms with Gasteiger partial charge in [0.05, 0.1) is 12.1 Å². The Kier molecular flexibility index (Phi) is 3.73. The first kappa shape index (κ1) is 13.8. The van der Waals surface area contributed by atoms with Gasteiger partial charge in [0.15, 0.2) is 0 Å². The van der Waals surface area contributed by atoms with E-state index in [0.717, 1.165) is 30.9 Å². The Morgan fingerprint density at radius 1 is 1.57 bits per heavy atom. The molecule has 3 heterocycles. The van der Waals surface area contributed by atoms with Gasteiger partial charge < -0.3 is 9.30 Å². The lowest BCUT2D eigenvalue weighted by molar-refractivity contribution is 0.107. The number of nitriles is 1. The van der Waals surface area contributed by atoms with Gasteiger partial charge in [0.25, 0.3) is 0 Å². The van der Waals surface area contributed by atoms with Crippen LogP contribution in [0.1, 0.15) is 29.5 Å². The molecular weight excluding hydrogens is 268 g/mol. The predicted molar refractivity (Wildman–Crippen MR) is 75.1 cm³/mol. The summed E-state index contributed by atoms with van der Waals surface area (Å²) in [7, 11) is 3.62.